The van der Waals surface area contributed by atoms with E-state index in [0.717, 1.165) is 17.3 Å². The Morgan fingerprint density at radius 3 is 2.50 bits per heavy atom. The van der Waals surface area contributed by atoms with Gasteiger partial charge in [-0.2, -0.15) is 0 Å². The van der Waals surface area contributed by atoms with E-state index >= 15 is 0 Å². The maximum absolute atomic E-state index is 10.7. The molecule has 0 bridgehead atoms. The van der Waals surface area contributed by atoms with E-state index in [0.29, 0.717) is 11.1 Å². The van der Waals surface area contributed by atoms with Crippen LogP contribution in [0.25, 0.3) is 6.08 Å². The summed E-state index contributed by atoms with van der Waals surface area (Å²) in [6, 6.07) is 5.82. The number of aliphatic carboxylic acids is 1. The molecule has 0 spiro atoms. The lowest BCUT2D eigenvalue weighted by Gasteiger charge is -2.37. The molecular formula is C16H22ClNO2. The van der Waals surface area contributed by atoms with Crippen LogP contribution in [0.2, 0.25) is 5.02 Å². The number of hydrogen-bond acceptors (Lipinski definition) is 2. The van der Waals surface area contributed by atoms with Crippen LogP contribution in [0.3, 0.4) is 0 Å². The minimum atomic E-state index is -0.970. The first-order valence-electron chi connectivity index (χ1n) is 6.56. The fourth-order valence-corrected chi connectivity index (χ4v) is 2.11. The van der Waals surface area contributed by atoms with Gasteiger partial charge in [0.15, 0.2) is 0 Å². The Morgan fingerprint density at radius 1 is 1.40 bits per heavy atom. The molecule has 1 aromatic rings. The van der Waals surface area contributed by atoms with Crippen LogP contribution in [0.5, 0.6) is 0 Å². The van der Waals surface area contributed by atoms with Gasteiger partial charge < -0.3 is 10.0 Å². The molecule has 0 aromatic heterocycles. The molecule has 0 saturated heterocycles. The minimum absolute atomic E-state index is 0.113. The average Bonchev–Trinajstić information content (AvgIpc) is 2.33. The summed E-state index contributed by atoms with van der Waals surface area (Å²) in [6.07, 6.45) is 2.71. The maximum atomic E-state index is 10.7. The highest BCUT2D eigenvalue weighted by Crippen LogP contribution is 2.31. The molecule has 0 aliphatic rings. The second-order valence-electron chi connectivity index (χ2n) is 6.03. The van der Waals surface area contributed by atoms with Crippen LogP contribution in [0.15, 0.2) is 24.3 Å². The highest BCUT2D eigenvalue weighted by Gasteiger charge is 2.25. The van der Waals surface area contributed by atoms with Gasteiger partial charge in [0.05, 0.1) is 0 Å². The molecule has 0 amide bonds. The second-order valence-corrected chi connectivity index (χ2v) is 6.46. The SMILES string of the molecule is CC(N(C)c1ccc(Cl)cc1/C=C/C(=O)O)C(C)(C)C. The number of carboxylic acids is 1. The highest BCUT2D eigenvalue weighted by molar-refractivity contribution is 6.30. The van der Waals surface area contributed by atoms with Gasteiger partial charge in [-0.3, -0.25) is 0 Å². The molecular weight excluding hydrogens is 274 g/mol. The van der Waals surface area contributed by atoms with Crippen LogP contribution < -0.4 is 4.90 Å². The van der Waals surface area contributed by atoms with Crippen LogP contribution in [0, 0.1) is 5.41 Å². The van der Waals surface area contributed by atoms with Crippen molar-refractivity contribution in [3.8, 4) is 0 Å². The fraction of sp³-hybridized carbons (Fsp3) is 0.438. The maximum Gasteiger partial charge on any atom is 0.328 e. The molecule has 0 aliphatic carbocycles. The minimum Gasteiger partial charge on any atom is -0.478 e. The summed E-state index contributed by atoms with van der Waals surface area (Å²) < 4.78 is 0. The molecule has 3 nitrogen and oxygen atoms in total. The Kier molecular flexibility index (Phi) is 5.23. The van der Waals surface area contributed by atoms with Crippen molar-refractivity contribution < 1.29 is 9.90 Å². The van der Waals surface area contributed by atoms with Crippen molar-refractivity contribution in [3.63, 3.8) is 0 Å². The van der Waals surface area contributed by atoms with Gasteiger partial charge in [-0.15, -0.1) is 0 Å². The van der Waals surface area contributed by atoms with Gasteiger partial charge in [0.25, 0.3) is 0 Å². The lowest BCUT2D eigenvalue weighted by Crippen LogP contribution is -2.39. The lowest BCUT2D eigenvalue weighted by molar-refractivity contribution is -0.131. The third-order valence-electron chi connectivity index (χ3n) is 3.61. The van der Waals surface area contributed by atoms with E-state index in [9.17, 15) is 4.79 Å². The van der Waals surface area contributed by atoms with Gasteiger partial charge >= 0.3 is 5.97 Å². The van der Waals surface area contributed by atoms with Crippen molar-refractivity contribution in [3.05, 3.63) is 34.9 Å². The normalized spacial score (nSPS) is 13.5. The Hall–Kier alpha value is -1.48. The molecule has 1 aromatic carbocycles. The van der Waals surface area contributed by atoms with Gasteiger partial charge in [-0.05, 0) is 42.2 Å². The monoisotopic (exact) mass is 295 g/mol. The Morgan fingerprint density at radius 2 is 2.00 bits per heavy atom. The van der Waals surface area contributed by atoms with Gasteiger partial charge in [0.1, 0.15) is 0 Å². The van der Waals surface area contributed by atoms with Crippen LogP contribution >= 0.6 is 11.6 Å². The number of nitrogens with zero attached hydrogens (tertiary/aromatic N) is 1. The highest BCUT2D eigenvalue weighted by atomic mass is 35.5. The van der Waals surface area contributed by atoms with E-state index in [1.807, 2.05) is 19.2 Å². The van der Waals surface area contributed by atoms with Crippen LogP contribution in [0.4, 0.5) is 5.69 Å². The first-order chi connectivity index (χ1) is 9.12. The molecule has 110 valence electrons. The van der Waals surface area contributed by atoms with E-state index in [1.165, 1.54) is 0 Å². The number of hydrogen-bond donors (Lipinski definition) is 1. The molecule has 4 heteroatoms. The summed E-state index contributed by atoms with van der Waals surface area (Å²) in [4.78, 5) is 12.8. The van der Waals surface area contributed by atoms with E-state index in [2.05, 4.69) is 32.6 Å². The van der Waals surface area contributed by atoms with Crippen molar-refractivity contribution >= 4 is 29.3 Å². The van der Waals surface area contributed by atoms with Crippen molar-refractivity contribution in [2.45, 2.75) is 33.7 Å². The number of halogens is 1. The van der Waals surface area contributed by atoms with Crippen LogP contribution in [-0.2, 0) is 4.79 Å². The van der Waals surface area contributed by atoms with Crippen molar-refractivity contribution in [1.29, 1.82) is 0 Å². The summed E-state index contributed by atoms with van der Waals surface area (Å²) in [7, 11) is 2.01. The quantitative estimate of drug-likeness (QED) is 0.842. The van der Waals surface area contributed by atoms with E-state index in [1.54, 1.807) is 12.1 Å². The zero-order valence-corrected chi connectivity index (χ0v) is 13.4. The number of anilines is 1. The second kappa shape index (κ2) is 6.31. The van der Waals surface area contributed by atoms with E-state index in [-0.39, 0.29) is 5.41 Å². The summed E-state index contributed by atoms with van der Waals surface area (Å²) >= 11 is 6.01. The molecule has 0 saturated carbocycles. The van der Waals surface area contributed by atoms with Crippen molar-refractivity contribution in [2.75, 3.05) is 11.9 Å². The zero-order valence-electron chi connectivity index (χ0n) is 12.6. The predicted molar refractivity (Wildman–Crippen MR) is 85.4 cm³/mol. The van der Waals surface area contributed by atoms with Crippen molar-refractivity contribution in [2.24, 2.45) is 5.41 Å². The van der Waals surface area contributed by atoms with Gasteiger partial charge in [0.2, 0.25) is 0 Å². The molecule has 0 heterocycles. The Bertz CT molecular complexity index is 518. The molecule has 1 atom stereocenters. The number of rotatable bonds is 4. The lowest BCUT2D eigenvalue weighted by atomic mass is 9.86. The summed E-state index contributed by atoms with van der Waals surface area (Å²) in [5.74, 6) is -0.970. The van der Waals surface area contributed by atoms with Crippen LogP contribution in [0.1, 0.15) is 33.3 Å². The number of carbonyl (C=O) groups is 1. The van der Waals surface area contributed by atoms with Crippen LogP contribution in [-0.4, -0.2) is 24.2 Å². The Labute approximate surface area is 125 Å². The first-order valence-corrected chi connectivity index (χ1v) is 6.94. The third kappa shape index (κ3) is 4.27. The van der Waals surface area contributed by atoms with Gasteiger partial charge in [0, 0.05) is 29.9 Å². The molecule has 0 aliphatic heterocycles. The molecule has 0 radical (unpaired) electrons. The standard InChI is InChI=1S/C16H22ClNO2/c1-11(16(2,3)4)18(5)14-8-7-13(17)10-12(14)6-9-15(19)20/h6-11H,1-5H3,(H,19,20)/b9-6+. The molecule has 1 N–H and O–H groups in total. The average molecular weight is 296 g/mol. The smallest absolute Gasteiger partial charge is 0.328 e. The fourth-order valence-electron chi connectivity index (χ4n) is 1.93. The van der Waals surface area contributed by atoms with E-state index in [4.69, 9.17) is 16.7 Å². The third-order valence-corrected chi connectivity index (χ3v) is 3.84. The molecule has 0 fully saturated rings. The van der Waals surface area contributed by atoms with Crippen molar-refractivity contribution in [1.82, 2.24) is 0 Å². The van der Waals surface area contributed by atoms with Gasteiger partial charge in [-0.25, -0.2) is 4.79 Å². The zero-order chi connectivity index (χ0) is 15.5. The van der Waals surface area contributed by atoms with E-state index < -0.39 is 5.97 Å². The molecule has 20 heavy (non-hydrogen) atoms. The summed E-state index contributed by atoms with van der Waals surface area (Å²) in [6.45, 7) is 8.68. The first kappa shape index (κ1) is 16.6. The predicted octanol–water partition coefficient (Wildman–Crippen LogP) is 4.31. The number of benzene rings is 1. The topological polar surface area (TPSA) is 40.5 Å². The number of carboxylic acid groups (broad SMARTS) is 1. The van der Waals surface area contributed by atoms with Gasteiger partial charge in [-0.1, -0.05) is 32.4 Å². The molecule has 1 rings (SSSR count). The summed E-state index contributed by atoms with van der Waals surface area (Å²) in [5.41, 5.74) is 1.88. The Balaban J connectivity index is 3.20. The molecule has 1 unspecified atom stereocenters. The largest absolute Gasteiger partial charge is 0.478 e. The summed E-state index contributed by atoms with van der Waals surface area (Å²) in [5, 5.41) is 9.37.